The van der Waals surface area contributed by atoms with Gasteiger partial charge in [0.05, 0.1) is 13.2 Å². The summed E-state index contributed by atoms with van der Waals surface area (Å²) in [7, 11) is 0. The molecule has 0 radical (unpaired) electrons. The Labute approximate surface area is 265 Å². The van der Waals surface area contributed by atoms with Gasteiger partial charge in [-0.1, -0.05) is 142 Å². The fraction of sp³-hybridized carbons (Fsp3) is 0.769. The molecule has 1 aromatic rings. The summed E-state index contributed by atoms with van der Waals surface area (Å²) < 4.78 is 18.1. The molecule has 0 aliphatic heterocycles. The zero-order chi connectivity index (χ0) is 30.6. The van der Waals surface area contributed by atoms with E-state index in [1.54, 1.807) is 6.08 Å². The minimum Gasteiger partial charge on any atom is -0.490 e. The van der Waals surface area contributed by atoms with E-state index in [1.807, 2.05) is 24.3 Å². The minimum atomic E-state index is -0.249. The molecule has 0 unspecified atom stereocenters. The number of hydrogen-bond donors (Lipinski definition) is 0. The van der Waals surface area contributed by atoms with Crippen molar-refractivity contribution in [1.29, 1.82) is 0 Å². The maximum absolute atomic E-state index is 12.4. The van der Waals surface area contributed by atoms with Gasteiger partial charge in [-0.05, 0) is 62.3 Å². The van der Waals surface area contributed by atoms with Crippen LogP contribution in [0.15, 0.2) is 24.3 Å². The molecule has 4 heteroatoms. The van der Waals surface area contributed by atoms with Crippen molar-refractivity contribution < 1.29 is 19.0 Å². The lowest BCUT2D eigenvalue weighted by Gasteiger charge is -2.20. The molecule has 1 saturated carbocycles. The molecule has 246 valence electrons. The Morgan fingerprint density at radius 3 is 1.60 bits per heavy atom. The number of carbonyl (C=O) groups is 1. The standard InChI is InChI=1S/C39H66O4/c1-3-5-7-9-11-13-15-17-19-24-32-41-37-30-28-35(29-31-39(40)43-36-26-22-21-23-27-36)34-38(37)42-33-25-20-18-16-14-12-10-8-6-4-2/h28-31,34,36H,3-27,32-33H2,1-2H3. The van der Waals surface area contributed by atoms with Crippen LogP contribution in [0.2, 0.25) is 0 Å². The quantitative estimate of drug-likeness (QED) is 0.0574. The molecule has 0 saturated heterocycles. The number of ether oxygens (including phenoxy) is 3. The zero-order valence-electron chi connectivity index (χ0n) is 28.2. The highest BCUT2D eigenvalue weighted by molar-refractivity contribution is 5.87. The first-order chi connectivity index (χ1) is 21.2. The molecule has 0 spiro atoms. The van der Waals surface area contributed by atoms with Gasteiger partial charge >= 0.3 is 5.97 Å². The number of esters is 1. The average Bonchev–Trinajstić information content (AvgIpc) is 3.02. The van der Waals surface area contributed by atoms with Crippen LogP contribution in [0.5, 0.6) is 11.5 Å². The smallest absolute Gasteiger partial charge is 0.331 e. The maximum atomic E-state index is 12.4. The van der Waals surface area contributed by atoms with Gasteiger partial charge in [-0.3, -0.25) is 0 Å². The predicted molar refractivity (Wildman–Crippen MR) is 183 cm³/mol. The van der Waals surface area contributed by atoms with Gasteiger partial charge < -0.3 is 14.2 Å². The Balaban J connectivity index is 1.75. The van der Waals surface area contributed by atoms with Gasteiger partial charge in [-0.15, -0.1) is 0 Å². The Kier molecular flexibility index (Phi) is 22.9. The topological polar surface area (TPSA) is 44.8 Å². The van der Waals surface area contributed by atoms with Crippen molar-refractivity contribution in [2.24, 2.45) is 0 Å². The van der Waals surface area contributed by atoms with E-state index < -0.39 is 0 Å². The molecule has 43 heavy (non-hydrogen) atoms. The molecule has 1 fully saturated rings. The van der Waals surface area contributed by atoms with Crippen molar-refractivity contribution in [3.63, 3.8) is 0 Å². The molecule has 4 nitrogen and oxygen atoms in total. The van der Waals surface area contributed by atoms with Gasteiger partial charge in [0.2, 0.25) is 0 Å². The van der Waals surface area contributed by atoms with Crippen molar-refractivity contribution in [2.45, 2.75) is 180 Å². The summed E-state index contributed by atoms with van der Waals surface area (Å²) in [5, 5.41) is 0. The van der Waals surface area contributed by atoms with Crippen molar-refractivity contribution in [3.8, 4) is 11.5 Å². The third kappa shape index (κ3) is 19.8. The second-order valence-electron chi connectivity index (χ2n) is 12.8. The van der Waals surface area contributed by atoms with E-state index in [9.17, 15) is 4.79 Å². The number of benzene rings is 1. The first-order valence-electron chi connectivity index (χ1n) is 18.5. The second kappa shape index (κ2) is 26.4. The summed E-state index contributed by atoms with van der Waals surface area (Å²) in [4.78, 5) is 12.4. The van der Waals surface area contributed by atoms with Crippen LogP contribution < -0.4 is 9.47 Å². The van der Waals surface area contributed by atoms with E-state index in [0.717, 1.165) is 55.6 Å². The van der Waals surface area contributed by atoms with E-state index in [2.05, 4.69) is 13.8 Å². The lowest BCUT2D eigenvalue weighted by Crippen LogP contribution is -2.19. The summed E-state index contributed by atoms with van der Waals surface area (Å²) in [6.07, 6.45) is 35.3. The SMILES string of the molecule is CCCCCCCCCCCCOc1ccc(C=CC(=O)OC2CCCCC2)cc1OCCCCCCCCCCCC. The average molecular weight is 599 g/mol. The highest BCUT2D eigenvalue weighted by atomic mass is 16.5. The fourth-order valence-corrected chi connectivity index (χ4v) is 5.95. The molecule has 0 N–H and O–H groups in total. The Morgan fingerprint density at radius 1 is 0.628 bits per heavy atom. The lowest BCUT2D eigenvalue weighted by molar-refractivity contribution is -0.144. The van der Waals surface area contributed by atoms with Crippen LogP contribution in [0.1, 0.15) is 180 Å². The third-order valence-electron chi connectivity index (χ3n) is 8.73. The van der Waals surface area contributed by atoms with Gasteiger partial charge in [-0.2, -0.15) is 0 Å². The van der Waals surface area contributed by atoms with Crippen LogP contribution in [0.25, 0.3) is 6.08 Å². The second-order valence-corrected chi connectivity index (χ2v) is 12.8. The number of rotatable bonds is 27. The van der Waals surface area contributed by atoms with Crippen molar-refractivity contribution in [2.75, 3.05) is 13.2 Å². The lowest BCUT2D eigenvalue weighted by atomic mass is 9.98. The molecule has 1 aliphatic rings. The minimum absolute atomic E-state index is 0.0763. The molecule has 0 atom stereocenters. The Hall–Kier alpha value is -1.97. The summed E-state index contributed by atoms with van der Waals surface area (Å²) in [6.45, 7) is 5.96. The molecule has 1 aliphatic carbocycles. The van der Waals surface area contributed by atoms with Gasteiger partial charge in [0.15, 0.2) is 11.5 Å². The van der Waals surface area contributed by atoms with Crippen LogP contribution in [-0.4, -0.2) is 25.3 Å². The molecular formula is C39H66O4. The van der Waals surface area contributed by atoms with Crippen LogP contribution in [-0.2, 0) is 9.53 Å². The fourth-order valence-electron chi connectivity index (χ4n) is 5.95. The molecule has 0 bridgehead atoms. The molecule has 2 rings (SSSR count). The molecule has 0 amide bonds. The monoisotopic (exact) mass is 598 g/mol. The van der Waals surface area contributed by atoms with E-state index in [4.69, 9.17) is 14.2 Å². The largest absolute Gasteiger partial charge is 0.490 e. The van der Waals surface area contributed by atoms with E-state index >= 15 is 0 Å². The summed E-state index contributed by atoms with van der Waals surface area (Å²) in [6, 6.07) is 6.01. The van der Waals surface area contributed by atoms with Crippen molar-refractivity contribution in [3.05, 3.63) is 29.8 Å². The first-order valence-corrected chi connectivity index (χ1v) is 18.5. The molecule has 0 aromatic heterocycles. The van der Waals surface area contributed by atoms with Crippen LogP contribution >= 0.6 is 0 Å². The van der Waals surface area contributed by atoms with Crippen LogP contribution in [0, 0.1) is 0 Å². The number of carbonyl (C=O) groups excluding carboxylic acids is 1. The maximum Gasteiger partial charge on any atom is 0.331 e. The number of hydrogen-bond acceptors (Lipinski definition) is 4. The molecular weight excluding hydrogens is 532 g/mol. The summed E-state index contributed by atoms with van der Waals surface area (Å²) in [5.74, 6) is 1.34. The van der Waals surface area contributed by atoms with Crippen LogP contribution in [0.3, 0.4) is 0 Å². The predicted octanol–water partition coefficient (Wildman–Crippen LogP) is 12.2. The van der Waals surface area contributed by atoms with Crippen LogP contribution in [0.4, 0.5) is 0 Å². The number of unbranched alkanes of at least 4 members (excludes halogenated alkanes) is 18. The normalized spacial score (nSPS) is 13.9. The van der Waals surface area contributed by atoms with Gasteiger partial charge in [0.25, 0.3) is 0 Å². The first kappa shape index (κ1) is 37.2. The Bertz CT molecular complexity index is 827. The van der Waals surface area contributed by atoms with Crippen molar-refractivity contribution >= 4 is 12.0 Å². The summed E-state index contributed by atoms with van der Waals surface area (Å²) >= 11 is 0. The van der Waals surface area contributed by atoms with Gasteiger partial charge in [0.1, 0.15) is 6.10 Å². The highest BCUT2D eigenvalue weighted by Crippen LogP contribution is 2.30. The van der Waals surface area contributed by atoms with E-state index in [-0.39, 0.29) is 12.1 Å². The zero-order valence-corrected chi connectivity index (χ0v) is 28.2. The third-order valence-corrected chi connectivity index (χ3v) is 8.73. The summed E-state index contributed by atoms with van der Waals surface area (Å²) in [5.41, 5.74) is 0.935. The van der Waals surface area contributed by atoms with Crippen molar-refractivity contribution in [1.82, 2.24) is 0 Å². The van der Waals surface area contributed by atoms with Gasteiger partial charge in [0, 0.05) is 6.08 Å². The Morgan fingerprint density at radius 2 is 1.09 bits per heavy atom. The molecule has 1 aromatic carbocycles. The van der Waals surface area contributed by atoms with E-state index in [0.29, 0.717) is 13.2 Å². The van der Waals surface area contributed by atoms with Gasteiger partial charge in [-0.25, -0.2) is 4.79 Å². The highest BCUT2D eigenvalue weighted by Gasteiger charge is 2.16. The molecule has 0 heterocycles. The van der Waals surface area contributed by atoms with E-state index in [1.165, 1.54) is 122 Å².